The number of furan rings is 1. The topological polar surface area (TPSA) is 54.3 Å². The molecule has 22 heavy (non-hydrogen) atoms. The Labute approximate surface area is 125 Å². The number of benzene rings is 1. The van der Waals surface area contributed by atoms with Gasteiger partial charge in [-0.05, 0) is 37.3 Å². The zero-order chi connectivity index (χ0) is 16.2. The molecule has 1 heterocycles. The number of nitrogens with one attached hydrogen (secondary N) is 2. The van der Waals surface area contributed by atoms with Gasteiger partial charge in [-0.25, -0.2) is 0 Å². The fourth-order valence-corrected chi connectivity index (χ4v) is 1.89. The van der Waals surface area contributed by atoms with Crippen molar-refractivity contribution < 1.29 is 22.4 Å². The molecule has 0 aliphatic heterocycles. The van der Waals surface area contributed by atoms with Crippen LogP contribution >= 0.6 is 0 Å². The highest BCUT2D eigenvalue weighted by atomic mass is 19.4. The molecule has 1 aromatic heterocycles. The Balaban J connectivity index is 1.89. The van der Waals surface area contributed by atoms with Gasteiger partial charge in [0.25, 0.3) is 0 Å². The number of amides is 1. The molecule has 1 atom stereocenters. The van der Waals surface area contributed by atoms with Crippen LogP contribution in [0.1, 0.15) is 24.3 Å². The van der Waals surface area contributed by atoms with E-state index in [1.54, 1.807) is 19.1 Å². The van der Waals surface area contributed by atoms with Gasteiger partial charge in [-0.2, -0.15) is 13.2 Å². The van der Waals surface area contributed by atoms with E-state index in [2.05, 4.69) is 10.6 Å². The third kappa shape index (κ3) is 4.28. The number of carbonyl (C=O) groups is 1. The van der Waals surface area contributed by atoms with E-state index in [0.717, 1.165) is 12.1 Å². The van der Waals surface area contributed by atoms with Gasteiger partial charge in [-0.3, -0.25) is 4.79 Å². The van der Waals surface area contributed by atoms with Crippen LogP contribution in [0, 0.1) is 0 Å². The smallest absolute Gasteiger partial charge is 0.416 e. The van der Waals surface area contributed by atoms with Crippen LogP contribution in [0.3, 0.4) is 0 Å². The zero-order valence-corrected chi connectivity index (χ0v) is 11.8. The molecule has 0 aliphatic rings. The van der Waals surface area contributed by atoms with Crippen molar-refractivity contribution in [1.82, 2.24) is 5.32 Å². The fourth-order valence-electron chi connectivity index (χ4n) is 1.89. The first kappa shape index (κ1) is 15.9. The SMILES string of the molecule is CC(NC(=O)CNc1cccc(C(F)(F)F)c1)c1ccco1. The highest BCUT2D eigenvalue weighted by Crippen LogP contribution is 2.30. The summed E-state index contributed by atoms with van der Waals surface area (Å²) in [5.41, 5.74) is -0.530. The van der Waals surface area contributed by atoms with E-state index in [0.29, 0.717) is 5.76 Å². The Hall–Kier alpha value is -2.44. The second kappa shape index (κ2) is 6.55. The molecule has 0 fully saturated rings. The first-order valence-corrected chi connectivity index (χ1v) is 6.60. The molecule has 7 heteroatoms. The van der Waals surface area contributed by atoms with Crippen LogP contribution in [-0.2, 0) is 11.0 Å². The lowest BCUT2D eigenvalue weighted by molar-refractivity contribution is -0.137. The lowest BCUT2D eigenvalue weighted by Crippen LogP contribution is -2.31. The molecule has 1 amide bonds. The van der Waals surface area contributed by atoms with Crippen molar-refractivity contribution in [1.29, 1.82) is 0 Å². The lowest BCUT2D eigenvalue weighted by Gasteiger charge is -2.13. The number of halogens is 3. The molecule has 0 aliphatic carbocycles. The van der Waals surface area contributed by atoms with E-state index in [1.165, 1.54) is 18.4 Å². The fraction of sp³-hybridized carbons (Fsp3) is 0.267. The predicted octanol–water partition coefficient (Wildman–Crippen LogP) is 3.59. The second-order valence-corrected chi connectivity index (χ2v) is 4.74. The largest absolute Gasteiger partial charge is 0.467 e. The molecule has 0 bridgehead atoms. The van der Waals surface area contributed by atoms with E-state index in [1.807, 2.05) is 0 Å². The van der Waals surface area contributed by atoms with Gasteiger partial charge < -0.3 is 15.1 Å². The van der Waals surface area contributed by atoms with Gasteiger partial charge in [0.2, 0.25) is 5.91 Å². The van der Waals surface area contributed by atoms with Crippen molar-refractivity contribution in [2.24, 2.45) is 0 Å². The van der Waals surface area contributed by atoms with Gasteiger partial charge in [-0.1, -0.05) is 6.07 Å². The van der Waals surface area contributed by atoms with Gasteiger partial charge in [-0.15, -0.1) is 0 Å². The van der Waals surface area contributed by atoms with E-state index in [-0.39, 0.29) is 24.2 Å². The monoisotopic (exact) mass is 312 g/mol. The Morgan fingerprint density at radius 2 is 2.05 bits per heavy atom. The van der Waals surface area contributed by atoms with Crippen molar-refractivity contribution >= 4 is 11.6 Å². The number of hydrogen-bond donors (Lipinski definition) is 2. The minimum atomic E-state index is -4.41. The van der Waals surface area contributed by atoms with Crippen molar-refractivity contribution in [2.45, 2.75) is 19.1 Å². The summed E-state index contributed by atoms with van der Waals surface area (Å²) in [6.45, 7) is 1.62. The molecule has 2 rings (SSSR count). The molecule has 0 saturated heterocycles. The Morgan fingerprint density at radius 1 is 1.27 bits per heavy atom. The van der Waals surface area contributed by atoms with Crippen molar-refractivity contribution in [3.8, 4) is 0 Å². The Kier molecular flexibility index (Phi) is 4.75. The molecule has 2 aromatic rings. The third-order valence-corrected chi connectivity index (χ3v) is 2.99. The highest BCUT2D eigenvalue weighted by molar-refractivity contribution is 5.81. The van der Waals surface area contributed by atoms with Crippen LogP contribution < -0.4 is 10.6 Å². The van der Waals surface area contributed by atoms with E-state index in [4.69, 9.17) is 4.42 Å². The highest BCUT2D eigenvalue weighted by Gasteiger charge is 2.30. The molecule has 0 saturated carbocycles. The van der Waals surface area contributed by atoms with Gasteiger partial charge in [0.1, 0.15) is 5.76 Å². The summed E-state index contributed by atoms with van der Waals surface area (Å²) >= 11 is 0. The summed E-state index contributed by atoms with van der Waals surface area (Å²) in [6, 6.07) is 7.82. The Morgan fingerprint density at radius 3 is 2.68 bits per heavy atom. The standard InChI is InChI=1S/C15H15F3N2O2/c1-10(13-6-3-7-22-13)20-14(21)9-19-12-5-2-4-11(8-12)15(16,17)18/h2-8,10,19H,9H2,1H3,(H,20,21). The molecule has 1 aromatic carbocycles. The summed E-state index contributed by atoms with van der Waals surface area (Å²) < 4.78 is 42.9. The number of anilines is 1. The first-order chi connectivity index (χ1) is 10.4. The normalized spacial score (nSPS) is 12.7. The van der Waals surface area contributed by atoms with Crippen LogP contribution in [0.5, 0.6) is 0 Å². The van der Waals surface area contributed by atoms with Crippen molar-refractivity contribution in [3.63, 3.8) is 0 Å². The van der Waals surface area contributed by atoms with Gasteiger partial charge in [0.05, 0.1) is 24.4 Å². The van der Waals surface area contributed by atoms with Crippen LogP contribution in [-0.4, -0.2) is 12.5 Å². The van der Waals surface area contributed by atoms with E-state index >= 15 is 0 Å². The maximum absolute atomic E-state index is 12.6. The number of rotatable bonds is 5. The van der Waals surface area contributed by atoms with Crippen LogP contribution in [0.4, 0.5) is 18.9 Å². The molecule has 1 unspecified atom stereocenters. The number of carbonyl (C=O) groups excluding carboxylic acids is 1. The molecular formula is C15H15F3N2O2. The van der Waals surface area contributed by atoms with Crippen LogP contribution in [0.2, 0.25) is 0 Å². The van der Waals surface area contributed by atoms with Crippen LogP contribution in [0.15, 0.2) is 47.1 Å². The maximum Gasteiger partial charge on any atom is 0.416 e. The quantitative estimate of drug-likeness (QED) is 0.887. The molecule has 118 valence electrons. The minimum absolute atomic E-state index is 0.133. The first-order valence-electron chi connectivity index (χ1n) is 6.60. The lowest BCUT2D eigenvalue weighted by atomic mass is 10.2. The summed E-state index contributed by atoms with van der Waals surface area (Å²) in [5.74, 6) is 0.258. The van der Waals surface area contributed by atoms with Crippen LogP contribution in [0.25, 0.3) is 0 Å². The maximum atomic E-state index is 12.6. The number of hydrogen-bond acceptors (Lipinski definition) is 3. The summed E-state index contributed by atoms with van der Waals surface area (Å²) in [4.78, 5) is 11.8. The van der Waals surface area contributed by atoms with Crippen molar-refractivity contribution in [3.05, 3.63) is 54.0 Å². The average Bonchev–Trinajstić information content (AvgIpc) is 2.99. The molecular weight excluding hydrogens is 297 g/mol. The predicted molar refractivity (Wildman–Crippen MR) is 75.2 cm³/mol. The molecule has 0 radical (unpaired) electrons. The number of alkyl halides is 3. The zero-order valence-electron chi connectivity index (χ0n) is 11.8. The van der Waals surface area contributed by atoms with Gasteiger partial charge in [0, 0.05) is 5.69 Å². The van der Waals surface area contributed by atoms with E-state index in [9.17, 15) is 18.0 Å². The summed E-state index contributed by atoms with van der Waals surface area (Å²) in [5, 5.41) is 5.34. The minimum Gasteiger partial charge on any atom is -0.467 e. The van der Waals surface area contributed by atoms with Gasteiger partial charge >= 0.3 is 6.18 Å². The molecule has 2 N–H and O–H groups in total. The average molecular weight is 312 g/mol. The second-order valence-electron chi connectivity index (χ2n) is 4.74. The van der Waals surface area contributed by atoms with E-state index < -0.39 is 11.7 Å². The van der Waals surface area contributed by atoms with Crippen molar-refractivity contribution in [2.75, 3.05) is 11.9 Å². The molecule has 0 spiro atoms. The molecule has 4 nitrogen and oxygen atoms in total. The summed E-state index contributed by atoms with van der Waals surface area (Å²) in [6.07, 6.45) is -2.91. The van der Waals surface area contributed by atoms with Gasteiger partial charge in [0.15, 0.2) is 0 Å². The summed E-state index contributed by atoms with van der Waals surface area (Å²) in [7, 11) is 0. The third-order valence-electron chi connectivity index (χ3n) is 2.99. The Bertz CT molecular complexity index is 624.